The summed E-state index contributed by atoms with van der Waals surface area (Å²) < 4.78 is 5.19. The van der Waals surface area contributed by atoms with Gasteiger partial charge in [0.2, 0.25) is 0 Å². The van der Waals surface area contributed by atoms with E-state index in [1.54, 1.807) is 0 Å². The number of allylic oxidation sites excluding steroid dienone is 2. The van der Waals surface area contributed by atoms with Gasteiger partial charge in [0.1, 0.15) is 5.76 Å². The first-order valence-electron chi connectivity index (χ1n) is 5.52. The van der Waals surface area contributed by atoms with E-state index in [9.17, 15) is 4.79 Å². The second kappa shape index (κ2) is 3.22. The van der Waals surface area contributed by atoms with Crippen LogP contribution in [0, 0.1) is 11.3 Å². The molecule has 2 heteroatoms. The molecule has 0 bridgehead atoms. The molecule has 0 saturated heterocycles. The van der Waals surface area contributed by atoms with E-state index in [4.69, 9.17) is 4.74 Å². The van der Waals surface area contributed by atoms with E-state index in [1.165, 1.54) is 0 Å². The van der Waals surface area contributed by atoms with Gasteiger partial charge < -0.3 is 4.74 Å². The number of rotatable bonds is 0. The topological polar surface area (TPSA) is 26.3 Å². The summed E-state index contributed by atoms with van der Waals surface area (Å²) in [5, 5.41) is 0. The molecule has 1 aliphatic carbocycles. The van der Waals surface area contributed by atoms with Gasteiger partial charge in [-0.1, -0.05) is 20.8 Å². The molecule has 1 atom stereocenters. The fourth-order valence-electron chi connectivity index (χ4n) is 2.20. The summed E-state index contributed by atoms with van der Waals surface area (Å²) in [5.74, 6) is 1.27. The molecule has 0 aromatic rings. The molecule has 0 amide bonds. The van der Waals surface area contributed by atoms with Crippen LogP contribution < -0.4 is 0 Å². The fourth-order valence-corrected chi connectivity index (χ4v) is 2.20. The molecule has 82 valence electrons. The van der Waals surface area contributed by atoms with Crippen molar-refractivity contribution in [3.05, 3.63) is 23.0 Å². The summed E-state index contributed by atoms with van der Waals surface area (Å²) in [5.41, 5.74) is 2.22. The molecular weight excluding hydrogens is 188 g/mol. The summed E-state index contributed by atoms with van der Waals surface area (Å²) in [7, 11) is 0. The summed E-state index contributed by atoms with van der Waals surface area (Å²) in [6, 6.07) is 0. The van der Waals surface area contributed by atoms with Gasteiger partial charge >= 0.3 is 5.97 Å². The van der Waals surface area contributed by atoms with Crippen LogP contribution in [0.5, 0.6) is 0 Å². The lowest BCUT2D eigenvalue weighted by Crippen LogP contribution is -2.23. The van der Waals surface area contributed by atoms with Crippen molar-refractivity contribution in [3.8, 4) is 0 Å². The number of hydrogen-bond donors (Lipinski definition) is 0. The molecule has 0 spiro atoms. The van der Waals surface area contributed by atoms with Crippen LogP contribution in [-0.2, 0) is 9.53 Å². The van der Waals surface area contributed by atoms with Crippen molar-refractivity contribution in [2.75, 3.05) is 0 Å². The van der Waals surface area contributed by atoms with Gasteiger partial charge in [0.05, 0.1) is 0 Å². The minimum atomic E-state index is -0.161. The van der Waals surface area contributed by atoms with Crippen LogP contribution >= 0.6 is 0 Å². The van der Waals surface area contributed by atoms with Crippen LogP contribution in [0.2, 0.25) is 0 Å². The Morgan fingerprint density at radius 1 is 1.40 bits per heavy atom. The molecule has 2 aliphatic rings. The Bertz CT molecular complexity index is 366. The predicted octanol–water partition coefficient (Wildman–Crippen LogP) is 3.20. The van der Waals surface area contributed by atoms with Gasteiger partial charge in [0, 0.05) is 11.1 Å². The molecule has 1 aliphatic heterocycles. The zero-order valence-electron chi connectivity index (χ0n) is 9.89. The van der Waals surface area contributed by atoms with Gasteiger partial charge in [0.15, 0.2) is 0 Å². The van der Waals surface area contributed by atoms with Crippen molar-refractivity contribution >= 4 is 5.97 Å². The monoisotopic (exact) mass is 206 g/mol. The highest BCUT2D eigenvalue weighted by Gasteiger charge is 2.35. The lowest BCUT2D eigenvalue weighted by molar-refractivity contribution is -0.133. The van der Waals surface area contributed by atoms with Crippen LogP contribution in [0.25, 0.3) is 0 Å². The van der Waals surface area contributed by atoms with Crippen molar-refractivity contribution in [3.63, 3.8) is 0 Å². The van der Waals surface area contributed by atoms with E-state index >= 15 is 0 Å². The maximum absolute atomic E-state index is 11.4. The third-order valence-electron chi connectivity index (χ3n) is 3.52. The number of esters is 1. The van der Waals surface area contributed by atoms with Crippen molar-refractivity contribution in [2.24, 2.45) is 11.3 Å². The maximum atomic E-state index is 11.4. The van der Waals surface area contributed by atoms with E-state index in [1.807, 2.05) is 6.92 Å². The average Bonchev–Trinajstić information content (AvgIpc) is 2.41. The molecule has 0 unspecified atom stereocenters. The zero-order valence-corrected chi connectivity index (χ0v) is 9.89. The van der Waals surface area contributed by atoms with Crippen LogP contribution in [0.15, 0.2) is 23.0 Å². The first-order valence-corrected chi connectivity index (χ1v) is 5.52. The first kappa shape index (κ1) is 10.5. The Kier molecular flexibility index (Phi) is 2.25. The van der Waals surface area contributed by atoms with E-state index < -0.39 is 0 Å². The SMILES string of the molecule is CC1=C2C[C@@H](C(C)(C)C)CC=C2OC1=O. The van der Waals surface area contributed by atoms with Crippen molar-refractivity contribution in [2.45, 2.75) is 40.5 Å². The number of carbonyl (C=O) groups is 1. The Morgan fingerprint density at radius 2 is 2.07 bits per heavy atom. The highest BCUT2D eigenvalue weighted by atomic mass is 16.5. The third kappa shape index (κ3) is 1.73. The molecule has 0 fully saturated rings. The molecule has 2 nitrogen and oxygen atoms in total. The van der Waals surface area contributed by atoms with E-state index in [0.29, 0.717) is 11.3 Å². The minimum absolute atomic E-state index is 0.161. The second-order valence-corrected chi connectivity index (χ2v) is 5.56. The smallest absolute Gasteiger partial charge is 0.339 e. The van der Waals surface area contributed by atoms with Gasteiger partial charge in [-0.25, -0.2) is 4.79 Å². The van der Waals surface area contributed by atoms with E-state index in [-0.39, 0.29) is 5.97 Å². The van der Waals surface area contributed by atoms with E-state index in [2.05, 4.69) is 26.8 Å². The van der Waals surface area contributed by atoms with Crippen molar-refractivity contribution in [1.82, 2.24) is 0 Å². The molecule has 15 heavy (non-hydrogen) atoms. The predicted molar refractivity (Wildman–Crippen MR) is 59.1 cm³/mol. The summed E-state index contributed by atoms with van der Waals surface area (Å²) in [4.78, 5) is 11.4. The molecule has 0 aromatic heterocycles. The molecule has 1 heterocycles. The Labute approximate surface area is 91.0 Å². The largest absolute Gasteiger partial charge is 0.423 e. The van der Waals surface area contributed by atoms with Gasteiger partial charge in [-0.15, -0.1) is 0 Å². The molecule has 2 rings (SSSR count). The second-order valence-electron chi connectivity index (χ2n) is 5.56. The zero-order chi connectivity index (χ0) is 11.2. The Hall–Kier alpha value is -1.05. The van der Waals surface area contributed by atoms with Gasteiger partial charge in [-0.3, -0.25) is 0 Å². The Morgan fingerprint density at radius 3 is 2.67 bits per heavy atom. The molecule has 0 aromatic carbocycles. The first-order chi connectivity index (χ1) is 6.89. The molecule has 0 radical (unpaired) electrons. The number of carbonyl (C=O) groups excluding carboxylic acids is 1. The number of hydrogen-bond acceptors (Lipinski definition) is 2. The molecular formula is C13H18O2. The minimum Gasteiger partial charge on any atom is -0.423 e. The quantitative estimate of drug-likeness (QED) is 0.569. The lowest BCUT2D eigenvalue weighted by Gasteiger charge is -2.32. The standard InChI is InChI=1S/C13H18O2/c1-8-10-7-9(13(2,3)4)5-6-11(10)15-12(8)14/h6,9H,5,7H2,1-4H3/t9-/m0/s1. The van der Waals surface area contributed by atoms with Gasteiger partial charge in [0.25, 0.3) is 0 Å². The van der Waals surface area contributed by atoms with Crippen LogP contribution in [0.1, 0.15) is 40.5 Å². The fraction of sp³-hybridized carbons (Fsp3) is 0.615. The summed E-state index contributed by atoms with van der Waals surface area (Å²) in [6.45, 7) is 8.63. The maximum Gasteiger partial charge on any atom is 0.339 e. The third-order valence-corrected chi connectivity index (χ3v) is 3.52. The highest BCUT2D eigenvalue weighted by Crippen LogP contribution is 2.43. The summed E-state index contributed by atoms with van der Waals surface area (Å²) in [6.07, 6.45) is 4.07. The average molecular weight is 206 g/mol. The van der Waals surface area contributed by atoms with Crippen LogP contribution in [0.4, 0.5) is 0 Å². The highest BCUT2D eigenvalue weighted by molar-refractivity contribution is 5.94. The molecule has 0 N–H and O–H groups in total. The van der Waals surface area contributed by atoms with Gasteiger partial charge in [-0.05, 0) is 37.2 Å². The summed E-state index contributed by atoms with van der Waals surface area (Å²) >= 11 is 0. The normalized spacial score (nSPS) is 26.3. The van der Waals surface area contributed by atoms with Crippen LogP contribution in [-0.4, -0.2) is 5.97 Å². The molecule has 0 saturated carbocycles. The van der Waals surface area contributed by atoms with Crippen molar-refractivity contribution < 1.29 is 9.53 Å². The number of fused-ring (bicyclic) bond motifs is 1. The van der Waals surface area contributed by atoms with Crippen LogP contribution in [0.3, 0.4) is 0 Å². The Balaban J connectivity index is 2.30. The van der Waals surface area contributed by atoms with E-state index in [0.717, 1.165) is 29.7 Å². The van der Waals surface area contributed by atoms with Gasteiger partial charge in [-0.2, -0.15) is 0 Å². The number of ether oxygens (including phenoxy) is 1. The van der Waals surface area contributed by atoms with Crippen molar-refractivity contribution in [1.29, 1.82) is 0 Å². The lowest BCUT2D eigenvalue weighted by atomic mass is 9.72.